The molecular weight excluding hydrogens is 382 g/mol. The number of aryl methyl sites for hydroxylation is 2. The van der Waals surface area contributed by atoms with Crippen LogP contribution in [-0.4, -0.2) is 20.9 Å². The van der Waals surface area contributed by atoms with E-state index >= 15 is 0 Å². The number of hydrogen-bond donors (Lipinski definition) is 1. The Hall–Kier alpha value is -1.86. The molecule has 122 valence electrons. The Morgan fingerprint density at radius 1 is 1.13 bits per heavy atom. The van der Waals surface area contributed by atoms with E-state index in [1.807, 2.05) is 11.6 Å². The number of halogens is 1. The highest BCUT2D eigenvalue weighted by Gasteiger charge is 2.20. The summed E-state index contributed by atoms with van der Waals surface area (Å²) in [6, 6.07) is 11.8. The van der Waals surface area contributed by atoms with E-state index < -0.39 is 15.9 Å². The van der Waals surface area contributed by atoms with E-state index in [0.29, 0.717) is 11.3 Å². The van der Waals surface area contributed by atoms with Crippen molar-refractivity contribution < 1.29 is 17.9 Å². The van der Waals surface area contributed by atoms with Crippen molar-refractivity contribution in [1.29, 1.82) is 0 Å². The molecule has 0 saturated carbocycles. The fourth-order valence-corrected chi connectivity index (χ4v) is 3.48. The molecule has 2 aromatic carbocycles. The van der Waals surface area contributed by atoms with Gasteiger partial charge in [-0.3, -0.25) is 4.79 Å². The Kier molecular flexibility index (Phi) is 5.43. The van der Waals surface area contributed by atoms with Gasteiger partial charge in [0.15, 0.2) is 6.61 Å². The second-order valence-corrected chi connectivity index (χ2v) is 7.61. The topological polar surface area (TPSA) is 72.5 Å². The summed E-state index contributed by atoms with van der Waals surface area (Å²) in [7, 11) is -3.91. The number of nitrogens with one attached hydrogen (secondary N) is 1. The number of amides is 1. The minimum Gasteiger partial charge on any atom is -0.484 e. The summed E-state index contributed by atoms with van der Waals surface area (Å²) < 4.78 is 32.6. The monoisotopic (exact) mass is 397 g/mol. The van der Waals surface area contributed by atoms with Crippen LogP contribution in [0.15, 0.2) is 51.8 Å². The summed E-state index contributed by atoms with van der Waals surface area (Å²) in [5.41, 5.74) is 1.53. The Labute approximate surface area is 143 Å². The zero-order valence-electron chi connectivity index (χ0n) is 12.7. The van der Waals surface area contributed by atoms with Gasteiger partial charge < -0.3 is 4.74 Å². The number of sulfonamides is 1. The van der Waals surface area contributed by atoms with E-state index in [1.54, 1.807) is 43.3 Å². The van der Waals surface area contributed by atoms with Crippen LogP contribution in [0, 0.1) is 13.8 Å². The van der Waals surface area contributed by atoms with Crippen LogP contribution < -0.4 is 9.46 Å². The highest BCUT2D eigenvalue weighted by molar-refractivity contribution is 9.10. The van der Waals surface area contributed by atoms with Crippen LogP contribution in [0.5, 0.6) is 5.75 Å². The second-order valence-electron chi connectivity index (χ2n) is 5.04. The summed E-state index contributed by atoms with van der Waals surface area (Å²) in [5, 5.41) is 0. The average Bonchev–Trinajstić information content (AvgIpc) is 2.45. The molecule has 0 bridgehead atoms. The molecule has 0 saturated heterocycles. The summed E-state index contributed by atoms with van der Waals surface area (Å²) in [6.07, 6.45) is 0. The smallest absolute Gasteiger partial charge is 0.271 e. The molecule has 23 heavy (non-hydrogen) atoms. The fourth-order valence-electron chi connectivity index (χ4n) is 2.01. The number of ether oxygens (including phenoxy) is 1. The molecule has 2 rings (SSSR count). The molecule has 0 heterocycles. The van der Waals surface area contributed by atoms with Crippen molar-refractivity contribution in [2.24, 2.45) is 0 Å². The summed E-state index contributed by atoms with van der Waals surface area (Å²) in [6.45, 7) is 3.17. The van der Waals surface area contributed by atoms with Gasteiger partial charge in [-0.05, 0) is 49.7 Å². The van der Waals surface area contributed by atoms with E-state index in [0.717, 1.165) is 10.0 Å². The van der Waals surface area contributed by atoms with E-state index in [9.17, 15) is 13.2 Å². The lowest BCUT2D eigenvalue weighted by atomic mass is 10.2. The normalized spacial score (nSPS) is 11.1. The zero-order valence-corrected chi connectivity index (χ0v) is 15.1. The minimum absolute atomic E-state index is 0.0834. The second kappa shape index (κ2) is 7.14. The highest BCUT2D eigenvalue weighted by Crippen LogP contribution is 2.17. The summed E-state index contributed by atoms with van der Waals surface area (Å²) >= 11 is 3.29. The predicted molar refractivity (Wildman–Crippen MR) is 90.9 cm³/mol. The molecule has 5 nitrogen and oxygen atoms in total. The van der Waals surface area contributed by atoms with Gasteiger partial charge in [0.1, 0.15) is 5.75 Å². The molecule has 0 unspecified atom stereocenters. The number of hydrogen-bond acceptors (Lipinski definition) is 4. The van der Waals surface area contributed by atoms with Crippen LogP contribution in [-0.2, 0) is 14.8 Å². The lowest BCUT2D eigenvalue weighted by molar-refractivity contribution is -0.121. The van der Waals surface area contributed by atoms with E-state index in [1.165, 1.54) is 6.07 Å². The molecule has 1 N–H and O–H groups in total. The standard InChI is InChI=1S/C16H16BrNO4S/c1-11-3-8-15(12(2)9-11)23(20,21)18-16(19)10-22-14-6-4-13(17)5-7-14/h3-9H,10H2,1-2H3,(H,18,19). The van der Waals surface area contributed by atoms with Crippen LogP contribution in [0.25, 0.3) is 0 Å². The van der Waals surface area contributed by atoms with Crippen LogP contribution in [0.1, 0.15) is 11.1 Å². The molecule has 0 aromatic heterocycles. The van der Waals surface area contributed by atoms with E-state index in [-0.39, 0.29) is 11.5 Å². The molecule has 0 fully saturated rings. The quantitative estimate of drug-likeness (QED) is 0.841. The van der Waals surface area contributed by atoms with Gasteiger partial charge in [-0.15, -0.1) is 0 Å². The van der Waals surface area contributed by atoms with Gasteiger partial charge in [0.2, 0.25) is 0 Å². The Bertz CT molecular complexity index is 816. The molecule has 0 radical (unpaired) electrons. The van der Waals surface area contributed by atoms with E-state index in [2.05, 4.69) is 15.9 Å². The molecule has 1 amide bonds. The number of rotatable bonds is 5. The lowest BCUT2D eigenvalue weighted by Gasteiger charge is -2.10. The summed E-state index contributed by atoms with van der Waals surface area (Å²) in [4.78, 5) is 11.9. The van der Waals surface area contributed by atoms with Crippen LogP contribution in [0.3, 0.4) is 0 Å². The lowest BCUT2D eigenvalue weighted by Crippen LogP contribution is -2.34. The van der Waals surface area contributed by atoms with Crippen molar-refractivity contribution in [3.63, 3.8) is 0 Å². The van der Waals surface area contributed by atoms with Crippen molar-refractivity contribution in [2.45, 2.75) is 18.7 Å². The number of carbonyl (C=O) groups excluding carboxylic acids is 1. The molecule has 0 spiro atoms. The van der Waals surface area contributed by atoms with Crippen molar-refractivity contribution in [2.75, 3.05) is 6.61 Å². The molecule has 0 aliphatic carbocycles. The SMILES string of the molecule is Cc1ccc(S(=O)(=O)NC(=O)COc2ccc(Br)cc2)c(C)c1. The molecule has 2 aromatic rings. The van der Waals surface area contributed by atoms with Gasteiger partial charge in [0.25, 0.3) is 15.9 Å². The average molecular weight is 398 g/mol. The van der Waals surface area contributed by atoms with Gasteiger partial charge in [-0.1, -0.05) is 33.6 Å². The van der Waals surface area contributed by atoms with Gasteiger partial charge in [-0.25, -0.2) is 13.1 Å². The third-order valence-electron chi connectivity index (χ3n) is 3.05. The fraction of sp³-hybridized carbons (Fsp3) is 0.188. The van der Waals surface area contributed by atoms with Crippen LogP contribution >= 0.6 is 15.9 Å². The van der Waals surface area contributed by atoms with Crippen molar-refractivity contribution in [1.82, 2.24) is 4.72 Å². The Morgan fingerprint density at radius 3 is 2.39 bits per heavy atom. The van der Waals surface area contributed by atoms with Gasteiger partial charge in [-0.2, -0.15) is 0 Å². The summed E-state index contributed by atoms with van der Waals surface area (Å²) in [5.74, 6) is -0.250. The van der Waals surface area contributed by atoms with Gasteiger partial charge in [0.05, 0.1) is 4.90 Å². The molecule has 0 atom stereocenters. The maximum absolute atomic E-state index is 12.2. The van der Waals surface area contributed by atoms with Crippen molar-refractivity contribution in [3.05, 3.63) is 58.1 Å². The van der Waals surface area contributed by atoms with Crippen molar-refractivity contribution >= 4 is 31.9 Å². The van der Waals surface area contributed by atoms with Crippen LogP contribution in [0.4, 0.5) is 0 Å². The van der Waals surface area contributed by atoms with Crippen LogP contribution in [0.2, 0.25) is 0 Å². The minimum atomic E-state index is -3.91. The first-order chi connectivity index (χ1) is 10.8. The molecular formula is C16H16BrNO4S. The largest absolute Gasteiger partial charge is 0.484 e. The third kappa shape index (κ3) is 4.80. The van der Waals surface area contributed by atoms with Crippen molar-refractivity contribution in [3.8, 4) is 5.75 Å². The first kappa shape index (κ1) is 17.5. The predicted octanol–water partition coefficient (Wildman–Crippen LogP) is 2.95. The molecule has 0 aliphatic heterocycles. The number of carbonyl (C=O) groups is 1. The first-order valence-electron chi connectivity index (χ1n) is 6.79. The van der Waals surface area contributed by atoms with Gasteiger partial charge >= 0.3 is 0 Å². The molecule has 0 aliphatic rings. The first-order valence-corrected chi connectivity index (χ1v) is 9.07. The maximum Gasteiger partial charge on any atom is 0.271 e. The Morgan fingerprint density at radius 2 is 1.78 bits per heavy atom. The maximum atomic E-state index is 12.2. The Balaban J connectivity index is 2.02. The zero-order chi connectivity index (χ0) is 17.0. The number of benzene rings is 2. The highest BCUT2D eigenvalue weighted by atomic mass is 79.9. The van der Waals surface area contributed by atoms with E-state index in [4.69, 9.17) is 4.74 Å². The van der Waals surface area contributed by atoms with Gasteiger partial charge in [0, 0.05) is 4.47 Å². The third-order valence-corrected chi connectivity index (χ3v) is 5.11. The molecule has 7 heteroatoms.